The Balaban J connectivity index is 1.53. The molecule has 11 heteroatoms. The Morgan fingerprint density at radius 2 is 1.67 bits per heavy atom. The quantitative estimate of drug-likeness (QED) is 0.440. The lowest BCUT2D eigenvalue weighted by atomic mass is 10.1. The number of amides is 2. The summed E-state index contributed by atoms with van der Waals surface area (Å²) < 4.78 is 23.7. The first-order valence-corrected chi connectivity index (χ1v) is 11.5. The molecule has 1 aliphatic heterocycles. The van der Waals surface area contributed by atoms with E-state index < -0.39 is 17.8 Å². The molecule has 0 saturated carbocycles. The van der Waals surface area contributed by atoms with Crippen LogP contribution in [0, 0.1) is 5.82 Å². The number of halogens is 1. The predicted molar refractivity (Wildman–Crippen MR) is 136 cm³/mol. The second-order valence-corrected chi connectivity index (χ2v) is 8.30. The van der Waals surface area contributed by atoms with Crippen LogP contribution in [0.5, 0.6) is 11.5 Å². The van der Waals surface area contributed by atoms with Crippen LogP contribution >= 0.6 is 12.2 Å². The second kappa shape index (κ2) is 11.1. The summed E-state index contributed by atoms with van der Waals surface area (Å²) in [6.45, 7) is 0.394. The molecule has 186 valence electrons. The number of aromatic nitrogens is 2. The van der Waals surface area contributed by atoms with Crippen molar-refractivity contribution in [2.45, 2.75) is 18.9 Å². The zero-order chi connectivity index (χ0) is 25.7. The van der Waals surface area contributed by atoms with Crippen molar-refractivity contribution in [3.05, 3.63) is 72.3 Å². The molecule has 2 heterocycles. The fourth-order valence-corrected chi connectivity index (χ4v) is 4.21. The van der Waals surface area contributed by atoms with Gasteiger partial charge in [-0.15, -0.1) is 0 Å². The lowest BCUT2D eigenvalue weighted by Crippen LogP contribution is -2.39. The number of nitrogens with zero attached hydrogens (tertiary/aromatic N) is 4. The fraction of sp³-hybridized carbons (Fsp3) is 0.240. The summed E-state index contributed by atoms with van der Waals surface area (Å²) >= 11 is 5.64. The fourth-order valence-electron chi connectivity index (χ4n) is 3.79. The number of ether oxygens (including phenoxy) is 2. The summed E-state index contributed by atoms with van der Waals surface area (Å²) in [5.74, 6) is 0.0355. The van der Waals surface area contributed by atoms with Crippen LogP contribution in [0.4, 0.5) is 16.0 Å². The molecular weight excluding hydrogens is 485 g/mol. The zero-order valence-corrected chi connectivity index (χ0v) is 20.5. The van der Waals surface area contributed by atoms with Crippen LogP contribution in [0.3, 0.4) is 0 Å². The van der Waals surface area contributed by atoms with Crippen LogP contribution < -0.4 is 19.7 Å². The van der Waals surface area contributed by atoms with Gasteiger partial charge in [0.2, 0.25) is 11.9 Å². The van der Waals surface area contributed by atoms with Gasteiger partial charge in [-0.3, -0.25) is 19.8 Å². The van der Waals surface area contributed by atoms with E-state index in [-0.39, 0.29) is 23.4 Å². The van der Waals surface area contributed by atoms with E-state index >= 15 is 0 Å². The van der Waals surface area contributed by atoms with Crippen LogP contribution in [-0.2, 0) is 16.0 Å². The van der Waals surface area contributed by atoms with Crippen LogP contribution in [0.15, 0.2) is 60.9 Å². The number of carbonyl (C=O) groups excluding carboxylic acids is 2. The zero-order valence-electron chi connectivity index (χ0n) is 19.7. The molecule has 36 heavy (non-hydrogen) atoms. The van der Waals surface area contributed by atoms with Gasteiger partial charge in [0.1, 0.15) is 17.6 Å². The largest absolute Gasteiger partial charge is 0.497 e. The molecule has 0 spiro atoms. The number of methoxy groups -OCH3 is 2. The molecule has 0 radical (unpaired) electrons. The van der Waals surface area contributed by atoms with E-state index in [1.54, 1.807) is 12.0 Å². The van der Waals surface area contributed by atoms with Gasteiger partial charge in [-0.1, -0.05) is 12.1 Å². The maximum Gasteiger partial charge on any atom is 0.256 e. The third kappa shape index (κ3) is 5.57. The van der Waals surface area contributed by atoms with Crippen molar-refractivity contribution in [2.24, 2.45) is 0 Å². The molecule has 0 bridgehead atoms. The van der Waals surface area contributed by atoms with Gasteiger partial charge in [0.05, 0.1) is 38.7 Å². The van der Waals surface area contributed by atoms with E-state index in [1.165, 1.54) is 48.7 Å². The Kier molecular flexibility index (Phi) is 7.69. The van der Waals surface area contributed by atoms with Gasteiger partial charge in [-0.05, 0) is 60.6 Å². The lowest BCUT2D eigenvalue weighted by Gasteiger charge is -2.24. The maximum atomic E-state index is 13.5. The van der Waals surface area contributed by atoms with E-state index in [9.17, 15) is 14.0 Å². The van der Waals surface area contributed by atoms with Crippen molar-refractivity contribution in [2.75, 3.05) is 31.0 Å². The molecule has 2 aromatic carbocycles. The summed E-state index contributed by atoms with van der Waals surface area (Å²) in [6, 6.07) is 12.2. The molecule has 1 saturated heterocycles. The van der Waals surface area contributed by atoms with E-state index in [0.29, 0.717) is 24.4 Å². The lowest BCUT2D eigenvalue weighted by molar-refractivity contribution is -0.124. The molecule has 1 atom stereocenters. The molecule has 1 aromatic heterocycles. The average Bonchev–Trinajstić information content (AvgIpc) is 3.12. The van der Waals surface area contributed by atoms with Crippen molar-refractivity contribution in [1.29, 1.82) is 0 Å². The molecule has 1 N–H and O–H groups in total. The van der Waals surface area contributed by atoms with Crippen molar-refractivity contribution in [1.82, 2.24) is 14.9 Å². The minimum atomic E-state index is -0.848. The highest BCUT2D eigenvalue weighted by molar-refractivity contribution is 7.80. The Labute approximate surface area is 212 Å². The topological polar surface area (TPSA) is 96.9 Å². The van der Waals surface area contributed by atoms with E-state index in [2.05, 4.69) is 15.3 Å². The number of benzene rings is 2. The first-order chi connectivity index (χ1) is 17.4. The maximum absolute atomic E-state index is 13.5. The summed E-state index contributed by atoms with van der Waals surface area (Å²) in [6.07, 6.45) is 3.26. The number of hydrogen-bond acceptors (Lipinski definition) is 7. The molecule has 1 aliphatic rings. The van der Waals surface area contributed by atoms with E-state index in [4.69, 9.17) is 21.7 Å². The third-order valence-electron chi connectivity index (χ3n) is 5.70. The molecule has 0 aliphatic carbocycles. The van der Waals surface area contributed by atoms with Gasteiger partial charge in [0, 0.05) is 6.54 Å². The highest BCUT2D eigenvalue weighted by atomic mass is 32.1. The molecule has 2 amide bonds. The van der Waals surface area contributed by atoms with Crippen molar-refractivity contribution in [3.63, 3.8) is 0 Å². The monoisotopic (exact) mass is 509 g/mol. The number of nitrogens with one attached hydrogen (secondary N) is 1. The first-order valence-electron chi connectivity index (χ1n) is 11.1. The number of rotatable bonds is 9. The number of thiocarbonyl (C=S) groups is 1. The minimum absolute atomic E-state index is 0.0917. The Hall–Kier alpha value is -4.12. The van der Waals surface area contributed by atoms with Gasteiger partial charge in [-0.25, -0.2) is 14.4 Å². The van der Waals surface area contributed by atoms with Crippen molar-refractivity contribution < 1.29 is 23.5 Å². The van der Waals surface area contributed by atoms with E-state index in [0.717, 1.165) is 11.3 Å². The van der Waals surface area contributed by atoms with E-state index in [1.807, 2.05) is 24.3 Å². The minimum Gasteiger partial charge on any atom is -0.497 e. The highest BCUT2D eigenvalue weighted by Crippen LogP contribution is 2.28. The Morgan fingerprint density at radius 1 is 1.03 bits per heavy atom. The van der Waals surface area contributed by atoms with Crippen LogP contribution in [-0.4, -0.2) is 58.6 Å². The SMILES string of the molecule is COc1ccc(CCN2C(=S)N(c3ccc(F)cc3)C(=O)C2CC(=O)Nc2ncc(OC)cn2)cc1. The van der Waals surface area contributed by atoms with Crippen LogP contribution in [0.2, 0.25) is 0 Å². The molecule has 1 fully saturated rings. The predicted octanol–water partition coefficient (Wildman–Crippen LogP) is 3.21. The van der Waals surface area contributed by atoms with Crippen molar-refractivity contribution in [3.8, 4) is 11.5 Å². The number of anilines is 2. The smallest absolute Gasteiger partial charge is 0.256 e. The van der Waals surface area contributed by atoms with Crippen molar-refractivity contribution >= 4 is 40.8 Å². The molecule has 3 aromatic rings. The van der Waals surface area contributed by atoms with Gasteiger partial charge in [-0.2, -0.15) is 0 Å². The molecular formula is C25H24FN5O4S. The first kappa shape index (κ1) is 25.0. The van der Waals surface area contributed by atoms with Crippen LogP contribution in [0.1, 0.15) is 12.0 Å². The Bertz CT molecular complexity index is 1240. The number of carbonyl (C=O) groups is 2. The molecule has 9 nitrogen and oxygen atoms in total. The number of hydrogen-bond donors (Lipinski definition) is 1. The standard InChI is InChI=1S/C25H24FN5O4S/c1-34-19-9-3-16(4-10-19)11-12-30-21(13-22(32)29-24-27-14-20(35-2)15-28-24)23(33)31(25(30)36)18-7-5-17(26)6-8-18/h3-10,14-15,21H,11-13H2,1-2H3,(H,27,28,29,32). The molecule has 1 unspecified atom stereocenters. The third-order valence-corrected chi connectivity index (χ3v) is 6.11. The summed E-state index contributed by atoms with van der Waals surface area (Å²) in [5, 5.41) is 2.85. The summed E-state index contributed by atoms with van der Waals surface area (Å²) in [5.41, 5.74) is 1.45. The summed E-state index contributed by atoms with van der Waals surface area (Å²) in [7, 11) is 3.08. The van der Waals surface area contributed by atoms with Gasteiger partial charge >= 0.3 is 0 Å². The second-order valence-electron chi connectivity index (χ2n) is 7.94. The van der Waals surface area contributed by atoms with Gasteiger partial charge in [0.25, 0.3) is 5.91 Å². The van der Waals surface area contributed by atoms with Crippen LogP contribution in [0.25, 0.3) is 0 Å². The average molecular weight is 510 g/mol. The highest BCUT2D eigenvalue weighted by Gasteiger charge is 2.44. The Morgan fingerprint density at radius 3 is 2.28 bits per heavy atom. The summed E-state index contributed by atoms with van der Waals surface area (Å²) in [4.78, 5) is 37.4. The van der Waals surface area contributed by atoms with Gasteiger partial charge < -0.3 is 14.4 Å². The molecule has 4 rings (SSSR count). The van der Waals surface area contributed by atoms with Gasteiger partial charge in [0.15, 0.2) is 10.9 Å². The normalized spacial score (nSPS) is 15.2.